The molecule has 2 aromatic rings. The maximum absolute atomic E-state index is 10.9. The van der Waals surface area contributed by atoms with E-state index in [1.165, 1.54) is 0 Å². The van der Waals surface area contributed by atoms with E-state index in [0.717, 1.165) is 5.56 Å². The topological polar surface area (TPSA) is 68.0 Å². The Labute approximate surface area is 110 Å². The molecular weight excluding hydrogens is 250 g/mol. The van der Waals surface area contributed by atoms with Crippen molar-refractivity contribution in [1.29, 1.82) is 0 Å². The van der Waals surface area contributed by atoms with Gasteiger partial charge in [0.05, 0.1) is 6.54 Å². The molecule has 0 aliphatic heterocycles. The Bertz CT molecular complexity index is 554. The maximum Gasteiger partial charge on any atom is 0.312 e. The van der Waals surface area contributed by atoms with E-state index in [9.17, 15) is 4.79 Å². The second-order valence-corrected chi connectivity index (χ2v) is 4.43. The average Bonchev–Trinajstić information content (AvgIpc) is 2.71. The number of carboxylic acids is 1. The summed E-state index contributed by atoms with van der Waals surface area (Å²) in [5.41, 5.74) is 1.45. The van der Waals surface area contributed by atoms with Crippen LogP contribution in [0.4, 0.5) is 0 Å². The van der Waals surface area contributed by atoms with Crippen LogP contribution in [0.25, 0.3) is 0 Å². The summed E-state index contributed by atoms with van der Waals surface area (Å²) in [4.78, 5) is 10.9. The SMILES string of the molecule is CC(C(=O)O)c1nnn(Cc2ccccc2)c1S. The van der Waals surface area contributed by atoms with Crippen LogP contribution in [0.15, 0.2) is 35.4 Å². The van der Waals surface area contributed by atoms with Gasteiger partial charge in [0.1, 0.15) is 16.6 Å². The van der Waals surface area contributed by atoms with Crippen LogP contribution in [0, 0.1) is 0 Å². The summed E-state index contributed by atoms with van der Waals surface area (Å²) in [6.07, 6.45) is 0. The quantitative estimate of drug-likeness (QED) is 0.825. The molecule has 0 saturated carbocycles. The van der Waals surface area contributed by atoms with E-state index in [1.54, 1.807) is 11.6 Å². The van der Waals surface area contributed by atoms with E-state index in [2.05, 4.69) is 22.9 Å². The molecule has 0 aliphatic carbocycles. The number of carbonyl (C=O) groups is 1. The predicted octanol–water partition coefficient (Wildman–Crippen LogP) is 1.80. The first-order valence-corrected chi connectivity index (χ1v) is 5.93. The molecule has 0 aliphatic rings. The number of benzene rings is 1. The molecule has 1 unspecified atom stereocenters. The molecule has 1 aromatic heterocycles. The smallest absolute Gasteiger partial charge is 0.312 e. The molecule has 5 nitrogen and oxygen atoms in total. The zero-order chi connectivity index (χ0) is 13.1. The third-order valence-electron chi connectivity index (χ3n) is 2.69. The minimum atomic E-state index is -0.933. The summed E-state index contributed by atoms with van der Waals surface area (Å²) in [7, 11) is 0. The van der Waals surface area contributed by atoms with Crippen molar-refractivity contribution in [3.8, 4) is 0 Å². The Morgan fingerprint density at radius 1 is 1.44 bits per heavy atom. The van der Waals surface area contributed by atoms with E-state index in [4.69, 9.17) is 5.11 Å². The minimum Gasteiger partial charge on any atom is -0.481 e. The van der Waals surface area contributed by atoms with Gasteiger partial charge in [-0.15, -0.1) is 17.7 Å². The van der Waals surface area contributed by atoms with Crippen molar-refractivity contribution in [2.24, 2.45) is 0 Å². The van der Waals surface area contributed by atoms with Gasteiger partial charge in [-0.2, -0.15) is 0 Å². The number of aliphatic carboxylic acids is 1. The van der Waals surface area contributed by atoms with Gasteiger partial charge in [-0.1, -0.05) is 35.5 Å². The van der Waals surface area contributed by atoms with Crippen LogP contribution in [0.2, 0.25) is 0 Å². The second kappa shape index (κ2) is 5.22. The second-order valence-electron chi connectivity index (χ2n) is 4.00. The molecule has 0 amide bonds. The highest BCUT2D eigenvalue weighted by atomic mass is 32.1. The first-order valence-electron chi connectivity index (χ1n) is 5.48. The van der Waals surface area contributed by atoms with Crippen LogP contribution in [0.5, 0.6) is 0 Å². The number of nitrogens with zero attached hydrogens (tertiary/aromatic N) is 3. The lowest BCUT2D eigenvalue weighted by molar-refractivity contribution is -0.138. The number of carboxylic acid groups (broad SMARTS) is 1. The molecule has 1 heterocycles. The molecule has 94 valence electrons. The summed E-state index contributed by atoms with van der Waals surface area (Å²) < 4.78 is 1.59. The van der Waals surface area contributed by atoms with Crippen molar-refractivity contribution in [2.45, 2.75) is 24.4 Å². The van der Waals surface area contributed by atoms with Crippen molar-refractivity contribution in [2.75, 3.05) is 0 Å². The van der Waals surface area contributed by atoms with Crippen LogP contribution in [0.3, 0.4) is 0 Å². The summed E-state index contributed by atoms with van der Waals surface area (Å²) in [6.45, 7) is 2.10. The van der Waals surface area contributed by atoms with Gasteiger partial charge in [-0.25, -0.2) is 4.68 Å². The molecule has 0 spiro atoms. The lowest BCUT2D eigenvalue weighted by Gasteiger charge is -2.05. The summed E-state index contributed by atoms with van der Waals surface area (Å²) >= 11 is 4.30. The van der Waals surface area contributed by atoms with Gasteiger partial charge < -0.3 is 5.11 Å². The Balaban J connectivity index is 2.24. The number of aromatic nitrogens is 3. The van der Waals surface area contributed by atoms with E-state index >= 15 is 0 Å². The van der Waals surface area contributed by atoms with Gasteiger partial charge in [0.15, 0.2) is 0 Å². The molecule has 1 N–H and O–H groups in total. The Kier molecular flexibility index (Phi) is 3.66. The van der Waals surface area contributed by atoms with Gasteiger partial charge >= 0.3 is 5.97 Å². The van der Waals surface area contributed by atoms with Gasteiger partial charge in [0.2, 0.25) is 0 Å². The summed E-state index contributed by atoms with van der Waals surface area (Å²) in [5.74, 6) is -1.64. The van der Waals surface area contributed by atoms with Crippen LogP contribution in [-0.2, 0) is 11.3 Å². The highest BCUT2D eigenvalue weighted by Gasteiger charge is 2.21. The molecule has 2 rings (SSSR count). The van der Waals surface area contributed by atoms with Gasteiger partial charge in [-0.05, 0) is 12.5 Å². The fourth-order valence-electron chi connectivity index (χ4n) is 1.58. The first kappa shape index (κ1) is 12.6. The van der Waals surface area contributed by atoms with Gasteiger partial charge in [0, 0.05) is 0 Å². The first-order chi connectivity index (χ1) is 8.59. The summed E-state index contributed by atoms with van der Waals surface area (Å²) in [6, 6.07) is 9.74. The minimum absolute atomic E-state index is 0.391. The van der Waals surface area contributed by atoms with Crippen LogP contribution < -0.4 is 0 Å². The number of thiol groups is 1. The highest BCUT2D eigenvalue weighted by Crippen LogP contribution is 2.21. The van der Waals surface area contributed by atoms with E-state index < -0.39 is 11.9 Å². The fourth-order valence-corrected chi connectivity index (χ4v) is 1.93. The average molecular weight is 263 g/mol. The summed E-state index contributed by atoms with van der Waals surface area (Å²) in [5, 5.41) is 17.3. The molecule has 0 saturated heterocycles. The van der Waals surface area contributed by atoms with Crippen LogP contribution in [-0.4, -0.2) is 26.1 Å². The van der Waals surface area contributed by atoms with Crippen molar-refractivity contribution in [1.82, 2.24) is 15.0 Å². The molecule has 0 radical (unpaired) electrons. The third-order valence-corrected chi connectivity index (χ3v) is 3.15. The van der Waals surface area contributed by atoms with Gasteiger partial charge in [-0.3, -0.25) is 4.79 Å². The molecule has 18 heavy (non-hydrogen) atoms. The predicted molar refractivity (Wildman–Crippen MR) is 68.9 cm³/mol. The lowest BCUT2D eigenvalue weighted by Crippen LogP contribution is -2.09. The van der Waals surface area contributed by atoms with E-state index in [-0.39, 0.29) is 0 Å². The van der Waals surface area contributed by atoms with E-state index in [0.29, 0.717) is 17.3 Å². The monoisotopic (exact) mass is 263 g/mol. The number of hydrogen-bond acceptors (Lipinski definition) is 4. The normalized spacial score (nSPS) is 12.3. The van der Waals surface area contributed by atoms with Crippen molar-refractivity contribution in [3.05, 3.63) is 41.6 Å². The fraction of sp³-hybridized carbons (Fsp3) is 0.250. The van der Waals surface area contributed by atoms with Crippen molar-refractivity contribution < 1.29 is 9.90 Å². The number of hydrogen-bond donors (Lipinski definition) is 2. The number of rotatable bonds is 4. The van der Waals surface area contributed by atoms with Gasteiger partial charge in [0.25, 0.3) is 0 Å². The van der Waals surface area contributed by atoms with Crippen LogP contribution >= 0.6 is 12.6 Å². The molecule has 0 bridgehead atoms. The zero-order valence-electron chi connectivity index (χ0n) is 9.82. The lowest BCUT2D eigenvalue weighted by atomic mass is 10.1. The molecular formula is C12H13N3O2S. The molecule has 1 aromatic carbocycles. The van der Waals surface area contributed by atoms with Crippen molar-refractivity contribution in [3.63, 3.8) is 0 Å². The van der Waals surface area contributed by atoms with Crippen molar-refractivity contribution >= 4 is 18.6 Å². The third kappa shape index (κ3) is 2.53. The largest absolute Gasteiger partial charge is 0.481 e. The standard InChI is InChI=1S/C12H13N3O2S/c1-8(12(16)17)10-11(18)15(14-13-10)7-9-5-3-2-4-6-9/h2-6,8,18H,7H2,1H3,(H,16,17). The molecule has 1 atom stereocenters. The maximum atomic E-state index is 10.9. The molecule has 6 heteroatoms. The Morgan fingerprint density at radius 2 is 2.11 bits per heavy atom. The Hall–Kier alpha value is -1.82. The molecule has 0 fully saturated rings. The zero-order valence-corrected chi connectivity index (χ0v) is 10.7. The Morgan fingerprint density at radius 3 is 2.72 bits per heavy atom. The highest BCUT2D eigenvalue weighted by molar-refractivity contribution is 7.80. The van der Waals surface area contributed by atoms with Crippen LogP contribution in [0.1, 0.15) is 24.1 Å². The van der Waals surface area contributed by atoms with E-state index in [1.807, 2.05) is 30.3 Å².